The molecule has 9 heteroatoms. The number of ether oxygens (including phenoxy) is 2. The molecule has 190 valence electrons. The van der Waals surface area contributed by atoms with Crippen LogP contribution in [0.15, 0.2) is 59.8 Å². The Hall–Kier alpha value is -3.85. The monoisotopic (exact) mass is 502 g/mol. The SMILES string of the molecule is Cc1cn(-c2ccc(C=C3OC4(CC4)CN4C3=NOCC4(CO)c3ccc(F)cc3)c3c2OCC3)cn1. The summed E-state index contributed by atoms with van der Waals surface area (Å²) in [6.07, 6.45) is 8.39. The Kier molecular flexibility index (Phi) is 4.88. The fourth-order valence-corrected chi connectivity index (χ4v) is 5.59. The van der Waals surface area contributed by atoms with Gasteiger partial charge in [0.2, 0.25) is 5.84 Å². The predicted octanol–water partition coefficient (Wildman–Crippen LogP) is 3.69. The zero-order valence-corrected chi connectivity index (χ0v) is 20.5. The minimum Gasteiger partial charge on any atom is -0.491 e. The Morgan fingerprint density at radius 2 is 2.00 bits per heavy atom. The smallest absolute Gasteiger partial charge is 0.211 e. The Morgan fingerprint density at radius 1 is 1.16 bits per heavy atom. The van der Waals surface area contributed by atoms with Gasteiger partial charge in [-0.2, -0.15) is 0 Å². The fourth-order valence-electron chi connectivity index (χ4n) is 5.59. The van der Waals surface area contributed by atoms with Crippen LogP contribution in [-0.2, 0) is 21.5 Å². The summed E-state index contributed by atoms with van der Waals surface area (Å²) in [4.78, 5) is 12.1. The second-order valence-corrected chi connectivity index (χ2v) is 10.3. The third-order valence-electron chi connectivity index (χ3n) is 7.82. The van der Waals surface area contributed by atoms with Crippen LogP contribution in [0.1, 0.15) is 35.2 Å². The number of nitrogens with zero attached hydrogens (tertiary/aromatic N) is 4. The molecular formula is C28H27FN4O4. The molecule has 8 nitrogen and oxygen atoms in total. The summed E-state index contributed by atoms with van der Waals surface area (Å²) in [5.74, 6) is 1.65. The van der Waals surface area contributed by atoms with Crippen molar-refractivity contribution < 1.29 is 23.8 Å². The van der Waals surface area contributed by atoms with Crippen LogP contribution in [0.25, 0.3) is 11.8 Å². The molecule has 4 heterocycles. The number of halogens is 1. The predicted molar refractivity (Wildman–Crippen MR) is 134 cm³/mol. The molecule has 2 fully saturated rings. The van der Waals surface area contributed by atoms with E-state index in [9.17, 15) is 9.50 Å². The number of oxime groups is 1. The number of aryl methyl sites for hydroxylation is 1. The maximum Gasteiger partial charge on any atom is 0.211 e. The first-order valence-corrected chi connectivity index (χ1v) is 12.6. The van der Waals surface area contributed by atoms with Gasteiger partial charge in [-0.3, -0.25) is 0 Å². The maximum absolute atomic E-state index is 13.7. The van der Waals surface area contributed by atoms with Crippen molar-refractivity contribution in [2.75, 3.05) is 26.4 Å². The molecular weight excluding hydrogens is 475 g/mol. The van der Waals surface area contributed by atoms with Crippen LogP contribution in [0.3, 0.4) is 0 Å². The van der Waals surface area contributed by atoms with Crippen LogP contribution in [0, 0.1) is 12.7 Å². The number of aliphatic hydroxyl groups is 1. The zero-order chi connectivity index (χ0) is 25.2. The third-order valence-corrected chi connectivity index (χ3v) is 7.82. The van der Waals surface area contributed by atoms with Gasteiger partial charge in [0.15, 0.2) is 5.76 Å². The van der Waals surface area contributed by atoms with Gasteiger partial charge in [-0.05, 0) is 55.2 Å². The second-order valence-electron chi connectivity index (χ2n) is 10.3. The molecule has 1 N–H and O–H groups in total. The molecule has 37 heavy (non-hydrogen) atoms. The molecule has 1 aliphatic carbocycles. The van der Waals surface area contributed by atoms with E-state index in [4.69, 9.17) is 14.3 Å². The van der Waals surface area contributed by atoms with Crippen molar-refractivity contribution in [3.05, 3.63) is 82.9 Å². The lowest BCUT2D eigenvalue weighted by atomic mass is 9.87. The van der Waals surface area contributed by atoms with Crippen LogP contribution in [0.2, 0.25) is 0 Å². The van der Waals surface area contributed by atoms with Crippen molar-refractivity contribution >= 4 is 11.9 Å². The lowest BCUT2D eigenvalue weighted by Gasteiger charge is -2.50. The molecule has 0 bridgehead atoms. The van der Waals surface area contributed by atoms with Gasteiger partial charge < -0.3 is 28.9 Å². The molecule has 4 aliphatic rings. The van der Waals surface area contributed by atoms with Crippen LogP contribution in [-0.4, -0.2) is 57.4 Å². The van der Waals surface area contributed by atoms with E-state index in [2.05, 4.69) is 21.1 Å². The van der Waals surface area contributed by atoms with E-state index in [1.165, 1.54) is 12.1 Å². The first-order valence-electron chi connectivity index (χ1n) is 12.6. The molecule has 2 aromatic carbocycles. The molecule has 1 saturated heterocycles. The minimum atomic E-state index is -0.891. The van der Waals surface area contributed by atoms with Gasteiger partial charge in [-0.1, -0.05) is 23.4 Å². The van der Waals surface area contributed by atoms with Gasteiger partial charge in [0.25, 0.3) is 0 Å². The largest absolute Gasteiger partial charge is 0.491 e. The number of hydrogen-bond donors (Lipinski definition) is 1. The molecule has 1 spiro atoms. The highest BCUT2D eigenvalue weighted by Gasteiger charge is 2.58. The third kappa shape index (κ3) is 3.52. The van der Waals surface area contributed by atoms with Crippen molar-refractivity contribution in [1.29, 1.82) is 0 Å². The van der Waals surface area contributed by atoms with Crippen molar-refractivity contribution in [2.24, 2.45) is 5.16 Å². The van der Waals surface area contributed by atoms with E-state index in [1.54, 1.807) is 18.5 Å². The summed E-state index contributed by atoms with van der Waals surface area (Å²) < 4.78 is 28.3. The average Bonchev–Trinajstić information content (AvgIpc) is 3.27. The van der Waals surface area contributed by atoms with Crippen molar-refractivity contribution in [2.45, 2.75) is 37.3 Å². The minimum absolute atomic E-state index is 0.157. The van der Waals surface area contributed by atoms with E-state index >= 15 is 0 Å². The van der Waals surface area contributed by atoms with Gasteiger partial charge in [-0.15, -0.1) is 0 Å². The zero-order valence-electron chi connectivity index (χ0n) is 20.5. The number of amidine groups is 1. The number of rotatable bonds is 4. The normalized spacial score (nSPS) is 24.1. The quantitative estimate of drug-likeness (QED) is 0.586. The fraction of sp³-hybridized carbons (Fsp3) is 0.357. The highest BCUT2D eigenvalue weighted by Crippen LogP contribution is 2.50. The number of hydrogen-bond acceptors (Lipinski definition) is 7. The molecule has 1 aromatic heterocycles. The first-order chi connectivity index (χ1) is 18.0. The first kappa shape index (κ1) is 22.4. The summed E-state index contributed by atoms with van der Waals surface area (Å²) in [5.41, 5.74) is 3.53. The molecule has 3 aliphatic heterocycles. The lowest BCUT2D eigenvalue weighted by Crippen LogP contribution is -2.62. The summed E-state index contributed by atoms with van der Waals surface area (Å²) in [6.45, 7) is 3.09. The van der Waals surface area contributed by atoms with Gasteiger partial charge in [0.1, 0.15) is 29.3 Å². The van der Waals surface area contributed by atoms with Crippen molar-refractivity contribution in [1.82, 2.24) is 14.5 Å². The number of imidazole rings is 1. The highest BCUT2D eigenvalue weighted by molar-refractivity contribution is 6.02. The van der Waals surface area contributed by atoms with Crippen LogP contribution >= 0.6 is 0 Å². The van der Waals surface area contributed by atoms with Gasteiger partial charge in [0, 0.05) is 18.2 Å². The molecule has 0 amide bonds. The number of aromatic nitrogens is 2. The van der Waals surface area contributed by atoms with Crippen LogP contribution < -0.4 is 4.74 Å². The highest BCUT2D eigenvalue weighted by atomic mass is 19.1. The van der Waals surface area contributed by atoms with E-state index in [0.717, 1.165) is 53.1 Å². The number of morpholine rings is 1. The van der Waals surface area contributed by atoms with Gasteiger partial charge in [-0.25, -0.2) is 9.37 Å². The molecule has 7 rings (SSSR count). The number of benzene rings is 2. The van der Waals surface area contributed by atoms with E-state index in [1.807, 2.05) is 29.8 Å². The van der Waals surface area contributed by atoms with Crippen molar-refractivity contribution in [3.8, 4) is 11.4 Å². The molecule has 1 atom stereocenters. The summed E-state index contributed by atoms with van der Waals surface area (Å²) in [5, 5.41) is 15.1. The molecule has 1 saturated carbocycles. The Labute approximate surface area is 213 Å². The summed E-state index contributed by atoms with van der Waals surface area (Å²) in [6, 6.07) is 10.3. The van der Waals surface area contributed by atoms with E-state index < -0.39 is 5.54 Å². The van der Waals surface area contributed by atoms with E-state index in [0.29, 0.717) is 24.7 Å². The number of fused-ring (bicyclic) bond motifs is 2. The van der Waals surface area contributed by atoms with Gasteiger partial charge in [0.05, 0.1) is 37.5 Å². The second kappa shape index (κ2) is 8.08. The summed E-state index contributed by atoms with van der Waals surface area (Å²) in [7, 11) is 0. The lowest BCUT2D eigenvalue weighted by molar-refractivity contribution is -0.0722. The Balaban J connectivity index is 1.32. The maximum atomic E-state index is 13.7. The Morgan fingerprint density at radius 3 is 2.73 bits per heavy atom. The van der Waals surface area contributed by atoms with Crippen molar-refractivity contribution in [3.63, 3.8) is 0 Å². The molecule has 3 aromatic rings. The molecule has 0 radical (unpaired) electrons. The summed E-state index contributed by atoms with van der Waals surface area (Å²) >= 11 is 0. The average molecular weight is 503 g/mol. The number of aliphatic hydroxyl groups excluding tert-OH is 1. The van der Waals surface area contributed by atoms with E-state index in [-0.39, 0.29) is 24.6 Å². The van der Waals surface area contributed by atoms with Crippen LogP contribution in [0.5, 0.6) is 5.75 Å². The Bertz CT molecular complexity index is 1440. The van der Waals surface area contributed by atoms with Crippen LogP contribution in [0.4, 0.5) is 4.39 Å². The topological polar surface area (TPSA) is 81.3 Å². The molecule has 1 unspecified atom stereocenters. The van der Waals surface area contributed by atoms with Gasteiger partial charge >= 0.3 is 0 Å². The standard InChI is InChI=1S/C28H27FN4O4/c1-18-13-32(17-30-18)23-7-2-19(22-8-11-35-25(22)23)12-24-26-31-36-16-28(15-34,20-3-5-21(29)6-4-20)33(26)14-27(37-24)9-10-27/h2-7,12-13,17,34H,8-11,14-16H2,1H3.